The molecule has 4 nitrogen and oxygen atoms in total. The van der Waals surface area contributed by atoms with Gasteiger partial charge in [0.15, 0.2) is 0 Å². The molecule has 3 atom stereocenters. The Kier molecular flexibility index (Phi) is 2.31. The Morgan fingerprint density at radius 2 is 2.26 bits per heavy atom. The van der Waals surface area contributed by atoms with Crippen LogP contribution >= 0.6 is 0 Å². The van der Waals surface area contributed by atoms with Gasteiger partial charge in [-0.25, -0.2) is 4.98 Å². The minimum absolute atomic E-state index is 0.108. The molecule has 1 aromatic carbocycles. The summed E-state index contributed by atoms with van der Waals surface area (Å²) in [5, 5.41) is 10.1. The first kappa shape index (κ1) is 11.2. The highest BCUT2D eigenvalue weighted by Crippen LogP contribution is 2.45. The maximum absolute atomic E-state index is 10.1. The van der Waals surface area contributed by atoms with Crippen LogP contribution in [-0.4, -0.2) is 34.0 Å². The van der Waals surface area contributed by atoms with E-state index in [-0.39, 0.29) is 12.0 Å². The smallest absolute Gasteiger partial charge is 0.0956 e. The number of hydrogen-bond acceptors (Lipinski definition) is 3. The highest BCUT2D eigenvalue weighted by atomic mass is 16.5. The molecular formula is C15H16N2O2. The van der Waals surface area contributed by atoms with Crippen molar-refractivity contribution in [3.05, 3.63) is 41.9 Å². The molecule has 0 bridgehead atoms. The predicted molar refractivity (Wildman–Crippen MR) is 70.9 cm³/mol. The lowest BCUT2D eigenvalue weighted by molar-refractivity contribution is 0.111. The summed E-state index contributed by atoms with van der Waals surface area (Å²) in [6.45, 7) is 3.14. The van der Waals surface area contributed by atoms with Crippen LogP contribution < -0.4 is 0 Å². The van der Waals surface area contributed by atoms with Crippen LogP contribution in [0.1, 0.15) is 17.2 Å². The normalized spacial score (nSPS) is 28.4. The topological polar surface area (TPSA) is 47.3 Å². The maximum atomic E-state index is 10.1. The molecule has 0 spiro atoms. The van der Waals surface area contributed by atoms with Gasteiger partial charge < -0.3 is 14.4 Å². The molecule has 3 heterocycles. The largest absolute Gasteiger partial charge is 0.390 e. The molecule has 0 unspecified atom stereocenters. The second-order valence-electron chi connectivity index (χ2n) is 5.49. The van der Waals surface area contributed by atoms with Crippen molar-refractivity contribution in [1.82, 2.24) is 9.55 Å². The number of hydrogen-bond donors (Lipinski definition) is 1. The summed E-state index contributed by atoms with van der Waals surface area (Å²) in [6, 6.07) is 6.65. The summed E-state index contributed by atoms with van der Waals surface area (Å²) in [4.78, 5) is 4.26. The Hall–Kier alpha value is -1.65. The van der Waals surface area contributed by atoms with E-state index in [9.17, 15) is 5.11 Å². The van der Waals surface area contributed by atoms with Crippen LogP contribution in [0, 0.1) is 12.8 Å². The van der Waals surface area contributed by atoms with Crippen LogP contribution in [0.5, 0.6) is 0 Å². The van der Waals surface area contributed by atoms with E-state index in [1.807, 2.05) is 12.5 Å². The van der Waals surface area contributed by atoms with Gasteiger partial charge in [-0.15, -0.1) is 0 Å². The number of aliphatic hydroxyl groups excluding tert-OH is 1. The number of fused-ring (bicyclic) bond motifs is 3. The fraction of sp³-hybridized carbons (Fsp3) is 0.400. The molecule has 1 fully saturated rings. The van der Waals surface area contributed by atoms with Gasteiger partial charge in [-0.05, 0) is 18.6 Å². The van der Waals surface area contributed by atoms with E-state index >= 15 is 0 Å². The molecule has 4 rings (SSSR count). The molecule has 2 aromatic rings. The lowest BCUT2D eigenvalue weighted by Crippen LogP contribution is -2.27. The number of benzene rings is 1. The molecule has 0 saturated carbocycles. The minimum Gasteiger partial charge on any atom is -0.390 e. The quantitative estimate of drug-likeness (QED) is 0.846. The van der Waals surface area contributed by atoms with E-state index in [0.717, 1.165) is 5.69 Å². The standard InChI is InChI=1S/C15H16N2O2/c1-9-2-3-10-11(4-9)13-5-16-8-17(13)15(10)12-6-19-7-14(12)18/h2-5,8,12,14-15,18H,6-7H2,1H3/t12-,14-,15-/m1/s1. The Balaban J connectivity index is 1.89. The van der Waals surface area contributed by atoms with Crippen LogP contribution in [-0.2, 0) is 4.74 Å². The zero-order valence-corrected chi connectivity index (χ0v) is 10.8. The van der Waals surface area contributed by atoms with Crippen LogP contribution in [0.4, 0.5) is 0 Å². The monoisotopic (exact) mass is 256 g/mol. The van der Waals surface area contributed by atoms with Crippen LogP contribution in [0.25, 0.3) is 11.3 Å². The molecule has 2 aliphatic heterocycles. The maximum Gasteiger partial charge on any atom is 0.0956 e. The van der Waals surface area contributed by atoms with Crippen molar-refractivity contribution in [1.29, 1.82) is 0 Å². The van der Waals surface area contributed by atoms with Gasteiger partial charge in [0.25, 0.3) is 0 Å². The average Bonchev–Trinajstić information content (AvgIpc) is 3.05. The summed E-state index contributed by atoms with van der Waals surface area (Å²) in [7, 11) is 0. The van der Waals surface area contributed by atoms with Crippen molar-refractivity contribution in [2.24, 2.45) is 5.92 Å². The highest BCUT2D eigenvalue weighted by molar-refractivity contribution is 5.70. The van der Waals surface area contributed by atoms with Crippen molar-refractivity contribution >= 4 is 0 Å². The number of aryl methyl sites for hydroxylation is 1. The first-order valence-electron chi connectivity index (χ1n) is 6.64. The van der Waals surface area contributed by atoms with Crippen LogP contribution in [0.2, 0.25) is 0 Å². The summed E-state index contributed by atoms with van der Waals surface area (Å²) in [6.07, 6.45) is 3.37. The van der Waals surface area contributed by atoms with Crippen molar-refractivity contribution in [3.8, 4) is 11.3 Å². The first-order valence-corrected chi connectivity index (χ1v) is 6.64. The number of rotatable bonds is 1. The van der Waals surface area contributed by atoms with Gasteiger partial charge in [0.2, 0.25) is 0 Å². The zero-order chi connectivity index (χ0) is 13.0. The summed E-state index contributed by atoms with van der Waals surface area (Å²) in [5.74, 6) is 0.108. The molecule has 19 heavy (non-hydrogen) atoms. The number of ether oxygens (including phenoxy) is 1. The third-order valence-corrected chi connectivity index (χ3v) is 4.27. The van der Waals surface area contributed by atoms with E-state index in [1.165, 1.54) is 16.7 Å². The lowest BCUT2D eigenvalue weighted by atomic mass is 9.89. The summed E-state index contributed by atoms with van der Waals surface area (Å²) < 4.78 is 7.60. The zero-order valence-electron chi connectivity index (χ0n) is 10.8. The molecular weight excluding hydrogens is 240 g/mol. The predicted octanol–water partition coefficient (Wildman–Crippen LogP) is 1.77. The molecule has 0 aliphatic carbocycles. The van der Waals surface area contributed by atoms with E-state index in [1.54, 1.807) is 0 Å². The van der Waals surface area contributed by atoms with Gasteiger partial charge in [0.05, 0.1) is 43.6 Å². The van der Waals surface area contributed by atoms with Gasteiger partial charge in [-0.1, -0.05) is 17.7 Å². The van der Waals surface area contributed by atoms with Crippen LogP contribution in [0.3, 0.4) is 0 Å². The van der Waals surface area contributed by atoms with Crippen molar-refractivity contribution in [2.75, 3.05) is 13.2 Å². The molecule has 1 aromatic heterocycles. The number of aliphatic hydroxyl groups is 1. The Morgan fingerprint density at radius 3 is 3.05 bits per heavy atom. The highest BCUT2D eigenvalue weighted by Gasteiger charge is 2.40. The molecule has 1 saturated heterocycles. The second-order valence-corrected chi connectivity index (χ2v) is 5.49. The van der Waals surface area contributed by atoms with Gasteiger partial charge in [-0.2, -0.15) is 0 Å². The van der Waals surface area contributed by atoms with Crippen molar-refractivity contribution < 1.29 is 9.84 Å². The van der Waals surface area contributed by atoms with E-state index in [0.29, 0.717) is 13.2 Å². The fourth-order valence-corrected chi connectivity index (χ4v) is 3.33. The van der Waals surface area contributed by atoms with Crippen molar-refractivity contribution in [2.45, 2.75) is 19.1 Å². The third kappa shape index (κ3) is 1.50. The van der Waals surface area contributed by atoms with E-state index in [4.69, 9.17) is 4.74 Å². The SMILES string of the molecule is Cc1ccc2c(c1)-c1cncn1[C@H]2[C@@H]1COC[C@H]1O. The fourth-order valence-electron chi connectivity index (χ4n) is 3.33. The Bertz CT molecular complexity index is 635. The lowest BCUT2D eigenvalue weighted by Gasteiger charge is -2.23. The molecule has 98 valence electrons. The number of imidazole rings is 1. The Labute approximate surface area is 111 Å². The van der Waals surface area contributed by atoms with Gasteiger partial charge in [0.1, 0.15) is 0 Å². The minimum atomic E-state index is -0.396. The average molecular weight is 256 g/mol. The van der Waals surface area contributed by atoms with E-state index < -0.39 is 6.10 Å². The summed E-state index contributed by atoms with van der Waals surface area (Å²) >= 11 is 0. The van der Waals surface area contributed by atoms with E-state index in [2.05, 4.69) is 34.7 Å². The third-order valence-electron chi connectivity index (χ3n) is 4.27. The van der Waals surface area contributed by atoms with Crippen LogP contribution in [0.15, 0.2) is 30.7 Å². The van der Waals surface area contributed by atoms with Gasteiger partial charge >= 0.3 is 0 Å². The molecule has 1 N–H and O–H groups in total. The molecule has 2 aliphatic rings. The molecule has 0 amide bonds. The molecule has 4 heteroatoms. The number of aromatic nitrogens is 2. The molecule has 0 radical (unpaired) electrons. The van der Waals surface area contributed by atoms with Gasteiger partial charge in [-0.3, -0.25) is 0 Å². The first-order chi connectivity index (χ1) is 9.25. The Morgan fingerprint density at radius 1 is 1.37 bits per heavy atom. The second kappa shape index (κ2) is 3.92. The van der Waals surface area contributed by atoms with Crippen molar-refractivity contribution in [3.63, 3.8) is 0 Å². The summed E-state index contributed by atoms with van der Waals surface area (Å²) in [5.41, 5.74) is 4.90. The van der Waals surface area contributed by atoms with Gasteiger partial charge in [0, 0.05) is 11.5 Å². The number of nitrogens with zero attached hydrogens (tertiary/aromatic N) is 2.